The van der Waals surface area contributed by atoms with E-state index in [0.29, 0.717) is 10.9 Å². The third-order valence-corrected chi connectivity index (χ3v) is 3.13. The van der Waals surface area contributed by atoms with Gasteiger partial charge in [0, 0.05) is 18.8 Å². The fraction of sp³-hybridized carbons (Fsp3) is 0.357. The second kappa shape index (κ2) is 4.72. The molecule has 0 fully saturated rings. The first kappa shape index (κ1) is 12.5. The lowest BCUT2D eigenvalue weighted by atomic mass is 10.1. The van der Waals surface area contributed by atoms with Gasteiger partial charge >= 0.3 is 0 Å². The van der Waals surface area contributed by atoms with Gasteiger partial charge in [0.15, 0.2) is 0 Å². The number of fused-ring (bicyclic) bond motifs is 1. The van der Waals surface area contributed by atoms with Crippen LogP contribution in [0.15, 0.2) is 18.2 Å². The van der Waals surface area contributed by atoms with Gasteiger partial charge in [-0.15, -0.1) is 0 Å². The Balaban J connectivity index is 2.83. The Labute approximate surface area is 107 Å². The highest BCUT2D eigenvalue weighted by Gasteiger charge is 2.15. The van der Waals surface area contributed by atoms with E-state index in [4.69, 9.17) is 0 Å². The summed E-state index contributed by atoms with van der Waals surface area (Å²) in [5, 5.41) is 20.5. The van der Waals surface area contributed by atoms with E-state index < -0.39 is 0 Å². The smallest absolute Gasteiger partial charge is 0.142 e. The second-order valence-electron chi connectivity index (χ2n) is 4.28. The Morgan fingerprint density at radius 3 is 2.33 bits per heavy atom. The molecule has 0 saturated heterocycles. The lowest BCUT2D eigenvalue weighted by Gasteiger charge is -2.23. The number of aryl methyl sites for hydroxylation is 1. The van der Waals surface area contributed by atoms with Gasteiger partial charge < -0.3 is 15.1 Å². The number of aromatic hydroxyl groups is 2. The van der Waals surface area contributed by atoms with Crippen molar-refractivity contribution in [1.29, 1.82) is 0 Å². The summed E-state index contributed by atoms with van der Waals surface area (Å²) < 4.78 is 0. The highest BCUT2D eigenvalue weighted by atomic mass is 16.3. The van der Waals surface area contributed by atoms with Crippen LogP contribution in [0.1, 0.15) is 19.5 Å². The third-order valence-electron chi connectivity index (χ3n) is 3.13. The molecule has 0 saturated carbocycles. The second-order valence-corrected chi connectivity index (χ2v) is 4.28. The van der Waals surface area contributed by atoms with Crippen LogP contribution in [0.4, 0.5) is 5.69 Å². The molecule has 0 amide bonds. The van der Waals surface area contributed by atoms with Crippen molar-refractivity contribution in [3.8, 4) is 11.5 Å². The summed E-state index contributed by atoms with van der Waals surface area (Å²) >= 11 is 0. The minimum atomic E-state index is 0.0971. The van der Waals surface area contributed by atoms with E-state index in [9.17, 15) is 10.2 Å². The molecule has 4 heteroatoms. The summed E-state index contributed by atoms with van der Waals surface area (Å²) in [5.74, 6) is 0.247. The first-order chi connectivity index (χ1) is 8.58. The molecule has 96 valence electrons. The number of nitrogens with zero attached hydrogens (tertiary/aromatic N) is 2. The van der Waals surface area contributed by atoms with Crippen LogP contribution < -0.4 is 4.90 Å². The summed E-state index contributed by atoms with van der Waals surface area (Å²) in [6.07, 6.45) is 0. The predicted octanol–water partition coefficient (Wildman–Crippen LogP) is 2.80. The maximum atomic E-state index is 10.0. The van der Waals surface area contributed by atoms with Gasteiger partial charge in [0.1, 0.15) is 17.0 Å². The van der Waals surface area contributed by atoms with Crippen molar-refractivity contribution >= 4 is 16.6 Å². The van der Waals surface area contributed by atoms with E-state index in [2.05, 4.69) is 23.7 Å². The molecule has 0 radical (unpaired) electrons. The molecular formula is C14H18N2O2. The average molecular weight is 246 g/mol. The quantitative estimate of drug-likeness (QED) is 0.818. The predicted molar refractivity (Wildman–Crippen MR) is 73.4 cm³/mol. The molecule has 4 nitrogen and oxygen atoms in total. The molecule has 0 aliphatic rings. The molecule has 0 unspecified atom stereocenters. The lowest BCUT2D eigenvalue weighted by Crippen LogP contribution is -2.22. The Morgan fingerprint density at radius 1 is 1.11 bits per heavy atom. The Hall–Kier alpha value is -1.97. The molecular weight excluding hydrogens is 228 g/mol. The lowest BCUT2D eigenvalue weighted by molar-refractivity contribution is 0.468. The minimum absolute atomic E-state index is 0.0971. The van der Waals surface area contributed by atoms with Crippen LogP contribution in [0.3, 0.4) is 0 Å². The van der Waals surface area contributed by atoms with Crippen molar-refractivity contribution in [2.45, 2.75) is 20.8 Å². The monoisotopic (exact) mass is 246 g/mol. The van der Waals surface area contributed by atoms with Crippen LogP contribution in [-0.4, -0.2) is 28.3 Å². The Bertz CT molecular complexity index is 578. The van der Waals surface area contributed by atoms with Gasteiger partial charge in [0.25, 0.3) is 0 Å². The summed E-state index contributed by atoms with van der Waals surface area (Å²) in [6.45, 7) is 7.68. The van der Waals surface area contributed by atoms with Gasteiger partial charge in [-0.2, -0.15) is 0 Å². The van der Waals surface area contributed by atoms with E-state index in [0.717, 1.165) is 24.5 Å². The Morgan fingerprint density at radius 2 is 1.72 bits per heavy atom. The SMILES string of the molecule is CCN(CC)c1cc(C)nc2c(O)ccc(O)c12. The van der Waals surface area contributed by atoms with E-state index in [-0.39, 0.29) is 11.5 Å². The van der Waals surface area contributed by atoms with Gasteiger partial charge in [-0.05, 0) is 39.0 Å². The van der Waals surface area contributed by atoms with E-state index in [1.807, 2.05) is 13.0 Å². The summed E-state index contributed by atoms with van der Waals surface area (Å²) in [4.78, 5) is 6.45. The normalized spacial score (nSPS) is 10.8. The molecule has 2 N–H and O–H groups in total. The van der Waals surface area contributed by atoms with Crippen molar-refractivity contribution in [2.75, 3.05) is 18.0 Å². The van der Waals surface area contributed by atoms with Gasteiger partial charge in [0.05, 0.1) is 11.1 Å². The molecule has 0 aliphatic carbocycles. The number of phenolic OH excluding ortho intramolecular Hbond substituents is 2. The molecule has 2 rings (SSSR count). The van der Waals surface area contributed by atoms with Crippen LogP contribution in [-0.2, 0) is 0 Å². The van der Waals surface area contributed by atoms with Crippen molar-refractivity contribution < 1.29 is 10.2 Å². The molecule has 1 aromatic heterocycles. The number of hydrogen-bond donors (Lipinski definition) is 2. The Kier molecular flexibility index (Phi) is 3.28. The maximum Gasteiger partial charge on any atom is 0.142 e. The average Bonchev–Trinajstić information content (AvgIpc) is 2.35. The number of phenols is 2. The number of hydrogen-bond acceptors (Lipinski definition) is 4. The molecule has 0 atom stereocenters. The first-order valence-electron chi connectivity index (χ1n) is 6.15. The number of pyridine rings is 1. The fourth-order valence-electron chi connectivity index (χ4n) is 2.23. The van der Waals surface area contributed by atoms with E-state index >= 15 is 0 Å². The summed E-state index contributed by atoms with van der Waals surface area (Å²) in [7, 11) is 0. The first-order valence-corrected chi connectivity index (χ1v) is 6.15. The highest BCUT2D eigenvalue weighted by molar-refractivity contribution is 5.99. The van der Waals surface area contributed by atoms with Gasteiger partial charge in [0.2, 0.25) is 0 Å². The van der Waals surface area contributed by atoms with E-state index in [1.54, 1.807) is 0 Å². The van der Waals surface area contributed by atoms with E-state index in [1.165, 1.54) is 12.1 Å². The maximum absolute atomic E-state index is 10.0. The zero-order valence-corrected chi connectivity index (χ0v) is 10.9. The van der Waals surface area contributed by atoms with Crippen molar-refractivity contribution in [2.24, 2.45) is 0 Å². The molecule has 1 aromatic carbocycles. The number of benzene rings is 1. The standard InChI is InChI=1S/C14H18N2O2/c1-4-16(5-2)10-8-9(3)15-14-12(18)7-6-11(17)13(10)14/h6-8,17-18H,4-5H2,1-3H3. The van der Waals surface area contributed by atoms with Crippen LogP contribution in [0.2, 0.25) is 0 Å². The van der Waals surface area contributed by atoms with Crippen molar-refractivity contribution in [1.82, 2.24) is 4.98 Å². The van der Waals surface area contributed by atoms with Gasteiger partial charge in [-0.25, -0.2) is 4.98 Å². The highest BCUT2D eigenvalue weighted by Crippen LogP contribution is 2.37. The molecule has 0 aliphatic heterocycles. The zero-order chi connectivity index (χ0) is 13.3. The summed E-state index contributed by atoms with van der Waals surface area (Å²) in [5.41, 5.74) is 2.19. The molecule has 0 bridgehead atoms. The van der Waals surface area contributed by atoms with Crippen LogP contribution in [0.25, 0.3) is 10.9 Å². The molecule has 2 aromatic rings. The van der Waals surface area contributed by atoms with Gasteiger partial charge in [-0.3, -0.25) is 0 Å². The molecule has 18 heavy (non-hydrogen) atoms. The van der Waals surface area contributed by atoms with Crippen molar-refractivity contribution in [3.63, 3.8) is 0 Å². The van der Waals surface area contributed by atoms with Crippen LogP contribution in [0, 0.1) is 6.92 Å². The largest absolute Gasteiger partial charge is 0.507 e. The minimum Gasteiger partial charge on any atom is -0.507 e. The van der Waals surface area contributed by atoms with Gasteiger partial charge in [-0.1, -0.05) is 0 Å². The van der Waals surface area contributed by atoms with Crippen LogP contribution in [0.5, 0.6) is 11.5 Å². The molecule has 0 spiro atoms. The zero-order valence-electron chi connectivity index (χ0n) is 10.9. The third kappa shape index (κ3) is 1.94. The van der Waals surface area contributed by atoms with Crippen molar-refractivity contribution in [3.05, 3.63) is 23.9 Å². The number of rotatable bonds is 3. The fourth-order valence-corrected chi connectivity index (χ4v) is 2.23. The summed E-state index contributed by atoms with van der Waals surface area (Å²) in [6, 6.07) is 4.91. The number of anilines is 1. The topological polar surface area (TPSA) is 56.6 Å². The molecule has 1 heterocycles. The number of aromatic nitrogens is 1. The van der Waals surface area contributed by atoms with Crippen LogP contribution >= 0.6 is 0 Å².